The summed E-state index contributed by atoms with van der Waals surface area (Å²) in [5.41, 5.74) is -3.13. The number of fused-ring (bicyclic) bond motifs is 1. The van der Waals surface area contributed by atoms with Crippen LogP contribution in [-0.4, -0.2) is 13.9 Å². The number of rotatable bonds is 4. The molecule has 0 aliphatic carbocycles. The van der Waals surface area contributed by atoms with E-state index in [0.717, 1.165) is 21.9 Å². The lowest BCUT2D eigenvalue weighted by atomic mass is 9.93. The first-order valence-electron chi connectivity index (χ1n) is 8.95. The minimum absolute atomic E-state index is 0.245. The van der Waals surface area contributed by atoms with Crippen LogP contribution in [-0.2, 0) is 10.1 Å². The molecule has 0 atom stereocenters. The Labute approximate surface area is 171 Å². The molecular formula is C23H15F3O3S. The molecular weight excluding hydrogens is 413 g/mol. The van der Waals surface area contributed by atoms with Crippen molar-refractivity contribution in [1.29, 1.82) is 0 Å². The first kappa shape index (κ1) is 20.0. The number of alkyl halides is 3. The number of halogens is 3. The van der Waals surface area contributed by atoms with E-state index < -0.39 is 15.6 Å². The first-order valence-corrected chi connectivity index (χ1v) is 10.4. The Kier molecular flexibility index (Phi) is 4.99. The molecule has 152 valence electrons. The fourth-order valence-corrected chi connectivity index (χ4v) is 3.73. The minimum Gasteiger partial charge on any atom is -0.375 e. The summed E-state index contributed by atoms with van der Waals surface area (Å²) in [6.07, 6.45) is 0. The second kappa shape index (κ2) is 7.50. The van der Waals surface area contributed by atoms with Crippen molar-refractivity contribution >= 4 is 20.9 Å². The molecule has 0 amide bonds. The molecule has 4 aromatic carbocycles. The lowest BCUT2D eigenvalue weighted by Gasteiger charge is -2.16. The number of benzene rings is 4. The summed E-state index contributed by atoms with van der Waals surface area (Å²) < 4.78 is 66.1. The van der Waals surface area contributed by atoms with Crippen LogP contribution < -0.4 is 4.18 Å². The van der Waals surface area contributed by atoms with Crippen LogP contribution in [0.15, 0.2) is 91.0 Å². The van der Waals surface area contributed by atoms with E-state index in [9.17, 15) is 21.6 Å². The van der Waals surface area contributed by atoms with Gasteiger partial charge in [0.05, 0.1) is 0 Å². The van der Waals surface area contributed by atoms with Crippen molar-refractivity contribution in [1.82, 2.24) is 0 Å². The lowest BCUT2D eigenvalue weighted by molar-refractivity contribution is -0.0499. The molecule has 0 unspecified atom stereocenters. The third kappa shape index (κ3) is 3.76. The van der Waals surface area contributed by atoms with Crippen LogP contribution >= 0.6 is 0 Å². The van der Waals surface area contributed by atoms with E-state index in [1.165, 1.54) is 18.2 Å². The highest BCUT2D eigenvalue weighted by Gasteiger charge is 2.48. The van der Waals surface area contributed by atoms with Crippen molar-refractivity contribution in [2.24, 2.45) is 0 Å². The van der Waals surface area contributed by atoms with Crippen molar-refractivity contribution < 1.29 is 25.8 Å². The van der Waals surface area contributed by atoms with Gasteiger partial charge in [-0.1, -0.05) is 78.9 Å². The van der Waals surface area contributed by atoms with E-state index in [4.69, 9.17) is 0 Å². The quantitative estimate of drug-likeness (QED) is 0.279. The molecule has 0 N–H and O–H groups in total. The van der Waals surface area contributed by atoms with Gasteiger partial charge in [0.1, 0.15) is 0 Å². The highest BCUT2D eigenvalue weighted by Crippen LogP contribution is 2.39. The van der Waals surface area contributed by atoms with E-state index in [1.807, 2.05) is 54.6 Å². The van der Waals surface area contributed by atoms with E-state index >= 15 is 0 Å². The van der Waals surface area contributed by atoms with Crippen LogP contribution in [0.1, 0.15) is 0 Å². The van der Waals surface area contributed by atoms with Gasteiger partial charge in [0, 0.05) is 5.56 Å². The summed E-state index contributed by atoms with van der Waals surface area (Å²) in [5.74, 6) is -0.386. The highest BCUT2D eigenvalue weighted by molar-refractivity contribution is 7.88. The van der Waals surface area contributed by atoms with E-state index in [-0.39, 0.29) is 11.3 Å². The topological polar surface area (TPSA) is 43.4 Å². The maximum Gasteiger partial charge on any atom is 0.534 e. The van der Waals surface area contributed by atoms with Crippen LogP contribution in [0.2, 0.25) is 0 Å². The van der Waals surface area contributed by atoms with Crippen LogP contribution in [0.3, 0.4) is 0 Å². The van der Waals surface area contributed by atoms with Crippen LogP contribution in [0, 0.1) is 0 Å². The molecule has 30 heavy (non-hydrogen) atoms. The number of hydrogen-bond acceptors (Lipinski definition) is 3. The maximum atomic E-state index is 12.8. The molecule has 0 spiro atoms. The van der Waals surface area contributed by atoms with Crippen LogP contribution in [0.4, 0.5) is 13.2 Å². The van der Waals surface area contributed by atoms with Crippen LogP contribution in [0.25, 0.3) is 33.0 Å². The molecule has 7 heteroatoms. The van der Waals surface area contributed by atoms with Crippen molar-refractivity contribution in [3.8, 4) is 28.0 Å². The van der Waals surface area contributed by atoms with Gasteiger partial charge >= 0.3 is 15.6 Å². The van der Waals surface area contributed by atoms with Gasteiger partial charge in [-0.3, -0.25) is 0 Å². The van der Waals surface area contributed by atoms with E-state index in [2.05, 4.69) is 4.18 Å². The van der Waals surface area contributed by atoms with Gasteiger partial charge < -0.3 is 4.18 Å². The van der Waals surface area contributed by atoms with Crippen molar-refractivity contribution in [2.45, 2.75) is 5.51 Å². The Morgan fingerprint density at radius 3 is 1.90 bits per heavy atom. The smallest absolute Gasteiger partial charge is 0.375 e. The van der Waals surface area contributed by atoms with Crippen molar-refractivity contribution in [3.63, 3.8) is 0 Å². The fourth-order valence-electron chi connectivity index (χ4n) is 3.25. The standard InChI is InChI=1S/C23H15F3O3S/c24-23(25,26)30(27,28)29-22-12-6-5-11-21(22)20-10-4-3-9-19(20)18-14-13-16-7-1-2-8-17(16)15-18/h1-15H. The summed E-state index contributed by atoms with van der Waals surface area (Å²) in [4.78, 5) is 0. The van der Waals surface area contributed by atoms with Gasteiger partial charge in [-0.2, -0.15) is 21.6 Å². The molecule has 0 heterocycles. The van der Waals surface area contributed by atoms with Gasteiger partial charge in [-0.15, -0.1) is 0 Å². The van der Waals surface area contributed by atoms with Crippen molar-refractivity contribution in [3.05, 3.63) is 91.0 Å². The average Bonchev–Trinajstić information content (AvgIpc) is 2.73. The SMILES string of the molecule is O=S(=O)(Oc1ccccc1-c1ccccc1-c1ccc2ccccc2c1)C(F)(F)F. The van der Waals surface area contributed by atoms with Gasteiger partial charge in [0.25, 0.3) is 0 Å². The van der Waals surface area contributed by atoms with E-state index in [1.54, 1.807) is 18.2 Å². The minimum atomic E-state index is -5.79. The van der Waals surface area contributed by atoms with Gasteiger partial charge in [0.2, 0.25) is 0 Å². The molecule has 0 saturated carbocycles. The molecule has 3 nitrogen and oxygen atoms in total. The van der Waals surface area contributed by atoms with Crippen molar-refractivity contribution in [2.75, 3.05) is 0 Å². The summed E-state index contributed by atoms with van der Waals surface area (Å²) in [7, 11) is -5.79. The normalized spacial score (nSPS) is 12.1. The van der Waals surface area contributed by atoms with Gasteiger partial charge in [-0.25, -0.2) is 0 Å². The summed E-state index contributed by atoms with van der Waals surface area (Å²) in [5, 5.41) is 2.06. The zero-order valence-corrected chi connectivity index (χ0v) is 16.2. The average molecular weight is 428 g/mol. The monoisotopic (exact) mass is 428 g/mol. The molecule has 0 aliphatic heterocycles. The van der Waals surface area contributed by atoms with E-state index in [0.29, 0.717) is 5.56 Å². The molecule has 0 saturated heterocycles. The first-order chi connectivity index (χ1) is 14.3. The molecule has 0 aliphatic rings. The second-order valence-corrected chi connectivity index (χ2v) is 8.12. The second-order valence-electron chi connectivity index (χ2n) is 6.59. The third-order valence-corrected chi connectivity index (χ3v) is 5.61. The molecule has 0 fully saturated rings. The Hall–Kier alpha value is -3.32. The maximum absolute atomic E-state index is 12.8. The Balaban J connectivity index is 1.85. The predicted molar refractivity (Wildman–Crippen MR) is 110 cm³/mol. The molecule has 0 aromatic heterocycles. The molecule has 0 radical (unpaired) electrons. The zero-order valence-electron chi connectivity index (χ0n) is 15.4. The summed E-state index contributed by atoms with van der Waals surface area (Å²) in [6.45, 7) is 0. The zero-order chi connectivity index (χ0) is 21.4. The summed E-state index contributed by atoms with van der Waals surface area (Å²) in [6, 6.07) is 26.5. The molecule has 4 aromatic rings. The molecule has 4 rings (SSSR count). The number of hydrogen-bond donors (Lipinski definition) is 0. The van der Waals surface area contributed by atoms with Crippen LogP contribution in [0.5, 0.6) is 5.75 Å². The Morgan fingerprint density at radius 2 is 1.20 bits per heavy atom. The van der Waals surface area contributed by atoms with Gasteiger partial charge in [0.15, 0.2) is 5.75 Å². The Bertz CT molecular complexity index is 1330. The highest BCUT2D eigenvalue weighted by atomic mass is 32.2. The largest absolute Gasteiger partial charge is 0.534 e. The third-order valence-electron chi connectivity index (χ3n) is 4.65. The predicted octanol–water partition coefficient (Wildman–Crippen LogP) is 6.40. The molecule has 0 bridgehead atoms. The van der Waals surface area contributed by atoms with Gasteiger partial charge in [-0.05, 0) is 39.6 Å². The summed E-state index contributed by atoms with van der Waals surface area (Å²) >= 11 is 0. The lowest BCUT2D eigenvalue weighted by Crippen LogP contribution is -2.28. The Morgan fingerprint density at radius 1 is 0.633 bits per heavy atom. The fraction of sp³-hybridized carbons (Fsp3) is 0.0435. The number of para-hydroxylation sites is 1.